The Morgan fingerprint density at radius 3 is 2.33 bits per heavy atom. The van der Waals surface area contributed by atoms with Crippen LogP contribution in [0.3, 0.4) is 0 Å². The minimum atomic E-state index is -1.29. The molecule has 1 unspecified atom stereocenters. The van der Waals surface area contributed by atoms with Gasteiger partial charge >= 0.3 is 263 Å². The minimum absolute atomic E-state index is 0.0294. The number of anilines is 3. The largest absolute Gasteiger partial charge is 0.446 e. The number of halogens is 1. The number of fused-ring (bicyclic) bond motifs is 1. The number of aliphatic hydroxyl groups is 1. The summed E-state index contributed by atoms with van der Waals surface area (Å²) in [6.07, 6.45) is 5.63. The molecule has 4 aromatic heterocycles. The van der Waals surface area contributed by atoms with Crippen LogP contribution in [0, 0.1) is 19.3 Å². The molecule has 2 aliphatic heterocycles. The van der Waals surface area contributed by atoms with Crippen molar-refractivity contribution in [3.8, 4) is 21.6 Å². The van der Waals surface area contributed by atoms with E-state index in [-0.39, 0.29) is 55.6 Å². The number of carbonyl (C=O) groups is 5. The molecule has 0 bridgehead atoms. The van der Waals surface area contributed by atoms with Crippen LogP contribution in [-0.2, 0) is 25.7 Å². The molecule has 3 aliphatic rings. The molecule has 9 rings (SSSR count). The predicted octanol–water partition coefficient (Wildman–Crippen LogP) is 3.96. The van der Waals surface area contributed by atoms with Crippen LogP contribution in [0.4, 0.5) is 21.4 Å². The number of nitrogens with zero attached hydrogens (tertiary/aromatic N) is 8. The van der Waals surface area contributed by atoms with Crippen molar-refractivity contribution in [2.45, 2.75) is 102 Å². The maximum atomic E-state index is 14.2. The third kappa shape index (κ3) is 13.4. The Hall–Kier alpha value is -6.21. The van der Waals surface area contributed by atoms with Crippen LogP contribution >= 0.6 is 22.7 Å². The van der Waals surface area contributed by atoms with Gasteiger partial charge in [0.05, 0.1) is 32.8 Å². The number of nitrogens with one attached hydrogen (secondary N) is 4. The molecule has 0 spiro atoms. The second-order valence-electron chi connectivity index (χ2n) is 20.3. The number of ether oxygens (including phenoxy) is 1. The van der Waals surface area contributed by atoms with Crippen molar-refractivity contribution in [1.82, 2.24) is 43.8 Å². The number of aromatic nitrogens is 5. The SMILES string of the molecule is Cc1ncc(-c2ccc3nc(NC(=O)CN4CCN(c5ccc(C(=O)N[I-]C(C(=O)N6C[C@H](O)C[C@H]6C(=O)NCc6ccc(-c7scnc7C)cc6)C(C)(C)C)nn5)CC4)sc3c2)cc1NC(=O)OC1CCCCC1. The van der Waals surface area contributed by atoms with Crippen molar-refractivity contribution >= 4 is 79.2 Å². The van der Waals surface area contributed by atoms with Gasteiger partial charge in [0.1, 0.15) is 6.10 Å². The van der Waals surface area contributed by atoms with Gasteiger partial charge in [-0.1, -0.05) is 23.8 Å². The number of likely N-dealkylation sites (tertiary alicyclic amines) is 1. The van der Waals surface area contributed by atoms with E-state index in [4.69, 9.17) is 4.74 Å². The second kappa shape index (κ2) is 23.8. The average molecular weight is 1170 g/mol. The molecule has 6 aromatic rings. The average Bonchev–Trinajstić information content (AvgIpc) is 4.14. The van der Waals surface area contributed by atoms with Gasteiger partial charge in [0, 0.05) is 11.8 Å². The third-order valence-corrected chi connectivity index (χ3v) is 19.3. The van der Waals surface area contributed by atoms with Gasteiger partial charge in [-0.05, 0) is 63.3 Å². The molecule has 3 fully saturated rings. The molecule has 396 valence electrons. The molecule has 1 saturated carbocycles. The van der Waals surface area contributed by atoms with Gasteiger partial charge in [-0.2, -0.15) is 0 Å². The number of aliphatic hydroxyl groups excluding tert-OH is 1. The summed E-state index contributed by atoms with van der Waals surface area (Å²) in [5.41, 5.74) is 8.06. The topological polar surface area (TPSA) is 237 Å². The Bertz CT molecular complexity index is 3030. The van der Waals surface area contributed by atoms with Crippen LogP contribution in [0.1, 0.15) is 86.7 Å². The first-order chi connectivity index (χ1) is 36.0. The van der Waals surface area contributed by atoms with E-state index in [1.165, 1.54) is 22.7 Å². The number of hydrogen-bond acceptors (Lipinski definition) is 16. The first-order valence-corrected chi connectivity index (χ1v) is 29.2. The molecular formula is C53H62IN12O7S2-. The van der Waals surface area contributed by atoms with Gasteiger partial charge in [0.2, 0.25) is 0 Å². The van der Waals surface area contributed by atoms with Crippen molar-refractivity contribution in [3.63, 3.8) is 0 Å². The fourth-order valence-electron chi connectivity index (χ4n) is 9.41. The summed E-state index contributed by atoms with van der Waals surface area (Å²) in [6.45, 7) is 12.5. The van der Waals surface area contributed by atoms with E-state index in [0.29, 0.717) is 48.5 Å². The molecular weight excluding hydrogens is 1110 g/mol. The molecule has 22 heteroatoms. The van der Waals surface area contributed by atoms with E-state index in [2.05, 4.69) is 54.4 Å². The number of rotatable bonds is 15. The number of alkyl halides is 1. The summed E-state index contributed by atoms with van der Waals surface area (Å²) >= 11 is 1.67. The Balaban J connectivity index is 0.725. The number of benzene rings is 2. The summed E-state index contributed by atoms with van der Waals surface area (Å²) in [5.74, 6) is -0.631. The number of pyridine rings is 1. The molecule has 3 atom stereocenters. The molecule has 1 aliphatic carbocycles. The van der Waals surface area contributed by atoms with Crippen LogP contribution in [-0.4, -0.2) is 131 Å². The van der Waals surface area contributed by atoms with Crippen molar-refractivity contribution in [2.75, 3.05) is 54.8 Å². The Morgan fingerprint density at radius 2 is 1.63 bits per heavy atom. The fourth-order valence-corrected chi connectivity index (χ4v) is 13.6. The van der Waals surface area contributed by atoms with Crippen LogP contribution < -0.4 is 45.9 Å². The number of hydrogen-bond donors (Lipinski definition) is 5. The smallest absolute Gasteiger partial charge is 0.411 e. The maximum absolute atomic E-state index is 14.2. The predicted molar refractivity (Wildman–Crippen MR) is 285 cm³/mol. The van der Waals surface area contributed by atoms with Crippen LogP contribution in [0.15, 0.2) is 72.4 Å². The number of thiazole rings is 2. The first-order valence-electron chi connectivity index (χ1n) is 25.2. The van der Waals surface area contributed by atoms with Gasteiger partial charge in [-0.15, -0.1) is 11.3 Å². The number of β-amino-alcohol motifs (C(OH)–C–C–N with tert-alkyl or cyclic N) is 1. The zero-order valence-corrected chi connectivity index (χ0v) is 46.4. The molecule has 5 amide bonds. The van der Waals surface area contributed by atoms with Crippen LogP contribution in [0.5, 0.6) is 0 Å². The van der Waals surface area contributed by atoms with Crippen molar-refractivity contribution in [3.05, 3.63) is 95.0 Å². The molecule has 5 N–H and O–H groups in total. The second-order valence-corrected chi connectivity index (χ2v) is 24.6. The summed E-state index contributed by atoms with van der Waals surface area (Å²) in [5, 5.41) is 28.6. The monoisotopic (exact) mass is 1170 g/mol. The van der Waals surface area contributed by atoms with E-state index < -0.39 is 55.0 Å². The van der Waals surface area contributed by atoms with Crippen LogP contribution in [0.25, 0.3) is 31.8 Å². The summed E-state index contributed by atoms with van der Waals surface area (Å²) in [7, 11) is 0. The van der Waals surface area contributed by atoms with E-state index in [9.17, 15) is 29.1 Å². The number of piperazine rings is 1. The standard InChI is InChI=1S/C53H62IN12O7S2/c1-31-41(59-52(72)73-38-9-7-6-8-10-38)23-36(27-55-31)35-15-16-39-43(24-35)75-51(58-39)60-45(68)29-64-19-21-65(22-20-64)44-18-17-40(62-63-44)48(69)61-54-47(53(3,4)5)50(71)66-28-37(67)25-42(66)49(70)56-26-33-11-13-34(14-12-33)46-32(2)57-30-74-46/h11-18,23-24,27,30,37-38,42,47,67H,6-10,19-22,25-26,28-29H2,1-5H3,(H,56,70)(H,59,72)(H,61,69)(H,58,60,68)/q-1/t37-,42+,47?/m1/s1. The normalized spacial score (nSPS) is 17.9. The molecule has 19 nitrogen and oxygen atoms in total. The van der Waals surface area contributed by atoms with E-state index >= 15 is 0 Å². The van der Waals surface area contributed by atoms with E-state index in [0.717, 1.165) is 68.7 Å². The molecule has 75 heavy (non-hydrogen) atoms. The minimum Gasteiger partial charge on any atom is -0.446 e. The summed E-state index contributed by atoms with van der Waals surface area (Å²) in [4.78, 5) is 87.4. The quantitative estimate of drug-likeness (QED) is 0.0557. The van der Waals surface area contributed by atoms with Gasteiger partial charge in [0.25, 0.3) is 0 Å². The number of amides is 5. The zero-order chi connectivity index (χ0) is 52.8. The molecule has 6 heterocycles. The Morgan fingerprint density at radius 1 is 0.867 bits per heavy atom. The zero-order valence-electron chi connectivity index (χ0n) is 42.6. The fraction of sp³-hybridized carbons (Fsp3) is 0.434. The summed E-state index contributed by atoms with van der Waals surface area (Å²) < 4.78 is 8.94. The number of carbonyl (C=O) groups excluding carboxylic acids is 5. The maximum Gasteiger partial charge on any atom is 0.411 e. The number of aryl methyl sites for hydroxylation is 2. The molecule has 2 aromatic carbocycles. The van der Waals surface area contributed by atoms with Crippen molar-refractivity contribution < 1.29 is 55.3 Å². The Labute approximate surface area is 454 Å². The van der Waals surface area contributed by atoms with E-state index in [1.54, 1.807) is 29.7 Å². The summed E-state index contributed by atoms with van der Waals surface area (Å²) in [6, 6.07) is 18.2. The van der Waals surface area contributed by atoms with E-state index in [1.807, 2.05) is 88.7 Å². The third-order valence-electron chi connectivity index (χ3n) is 13.6. The van der Waals surface area contributed by atoms with Gasteiger partial charge in [-0.3, -0.25) is 15.1 Å². The van der Waals surface area contributed by atoms with Gasteiger partial charge in [0.15, 0.2) is 5.13 Å². The van der Waals surface area contributed by atoms with Gasteiger partial charge < -0.3 is 10.1 Å². The van der Waals surface area contributed by atoms with Crippen molar-refractivity contribution in [2.24, 2.45) is 5.41 Å². The first kappa shape index (κ1) is 53.6. The molecule has 0 radical (unpaired) electrons. The molecule has 2 saturated heterocycles. The van der Waals surface area contributed by atoms with Crippen molar-refractivity contribution in [1.29, 1.82) is 0 Å². The van der Waals surface area contributed by atoms with Gasteiger partial charge in [-0.25, -0.2) is 14.8 Å². The Kier molecular flexibility index (Phi) is 17.0. The van der Waals surface area contributed by atoms with Crippen LogP contribution in [0.2, 0.25) is 0 Å².